The van der Waals surface area contributed by atoms with Crippen molar-refractivity contribution in [3.05, 3.63) is 0 Å². The maximum absolute atomic E-state index is 5.89. The number of rotatable bonds is 2. The molecular weight excluding hydrogens is 162 g/mol. The van der Waals surface area contributed by atoms with E-state index in [9.17, 15) is 0 Å². The molecule has 2 heteroatoms. The summed E-state index contributed by atoms with van der Waals surface area (Å²) < 4.78 is 5.89. The molecule has 1 aliphatic rings. The van der Waals surface area contributed by atoms with E-state index in [1.807, 2.05) is 0 Å². The van der Waals surface area contributed by atoms with Crippen LogP contribution in [0.2, 0.25) is 0 Å². The van der Waals surface area contributed by atoms with Gasteiger partial charge in [0.1, 0.15) is 0 Å². The molecule has 78 valence electrons. The van der Waals surface area contributed by atoms with Gasteiger partial charge in [-0.1, -0.05) is 20.8 Å². The lowest BCUT2D eigenvalue weighted by Gasteiger charge is -2.33. The Morgan fingerprint density at radius 2 is 1.85 bits per heavy atom. The van der Waals surface area contributed by atoms with Crippen LogP contribution in [0.15, 0.2) is 0 Å². The topological polar surface area (TPSA) is 35.2 Å². The Morgan fingerprint density at radius 1 is 1.23 bits per heavy atom. The largest absolute Gasteiger partial charge is 0.374 e. The summed E-state index contributed by atoms with van der Waals surface area (Å²) in [6.45, 7) is 7.48. The summed E-state index contributed by atoms with van der Waals surface area (Å²) in [6.07, 6.45) is 5.57. The van der Waals surface area contributed by atoms with Gasteiger partial charge < -0.3 is 10.5 Å². The second-order valence-corrected chi connectivity index (χ2v) is 5.31. The quantitative estimate of drug-likeness (QED) is 0.716. The van der Waals surface area contributed by atoms with Crippen LogP contribution in [0.1, 0.15) is 46.5 Å². The van der Waals surface area contributed by atoms with E-state index in [1.165, 1.54) is 12.8 Å². The average molecular weight is 185 g/mol. The zero-order valence-corrected chi connectivity index (χ0v) is 9.18. The van der Waals surface area contributed by atoms with Crippen molar-refractivity contribution in [2.45, 2.75) is 58.7 Å². The monoisotopic (exact) mass is 185 g/mol. The van der Waals surface area contributed by atoms with Gasteiger partial charge in [0.05, 0.1) is 12.2 Å². The summed E-state index contributed by atoms with van der Waals surface area (Å²) in [6, 6.07) is 0. The van der Waals surface area contributed by atoms with Crippen LogP contribution in [-0.4, -0.2) is 18.8 Å². The van der Waals surface area contributed by atoms with Gasteiger partial charge in [-0.2, -0.15) is 0 Å². The number of nitrogens with two attached hydrogens (primary N) is 1. The molecule has 0 aromatic carbocycles. The Labute approximate surface area is 81.8 Å². The van der Waals surface area contributed by atoms with Gasteiger partial charge in [-0.15, -0.1) is 0 Å². The second kappa shape index (κ2) is 4.43. The molecule has 1 heterocycles. The smallest absolute Gasteiger partial charge is 0.0701 e. The molecule has 2 unspecified atom stereocenters. The highest BCUT2D eigenvalue weighted by atomic mass is 16.5. The summed E-state index contributed by atoms with van der Waals surface area (Å²) in [7, 11) is 0. The molecule has 13 heavy (non-hydrogen) atoms. The lowest BCUT2D eigenvalue weighted by atomic mass is 9.86. The maximum atomic E-state index is 5.89. The number of ether oxygens (including phenoxy) is 1. The van der Waals surface area contributed by atoms with E-state index >= 15 is 0 Å². The predicted octanol–water partition coefficient (Wildman–Crippen LogP) is 2.32. The fourth-order valence-electron chi connectivity index (χ4n) is 1.99. The second-order valence-electron chi connectivity index (χ2n) is 5.31. The zero-order valence-electron chi connectivity index (χ0n) is 9.18. The van der Waals surface area contributed by atoms with Crippen molar-refractivity contribution in [3.63, 3.8) is 0 Å². The lowest BCUT2D eigenvalue weighted by Crippen LogP contribution is -2.35. The first-order valence-corrected chi connectivity index (χ1v) is 5.37. The molecule has 0 spiro atoms. The molecule has 0 amide bonds. The van der Waals surface area contributed by atoms with E-state index in [-0.39, 0.29) is 0 Å². The first-order valence-electron chi connectivity index (χ1n) is 5.37. The number of hydrogen-bond acceptors (Lipinski definition) is 2. The highest BCUT2D eigenvalue weighted by Crippen LogP contribution is 2.29. The minimum atomic E-state index is 0.320. The molecule has 0 radical (unpaired) electrons. The highest BCUT2D eigenvalue weighted by molar-refractivity contribution is 4.76. The van der Waals surface area contributed by atoms with Crippen LogP contribution >= 0.6 is 0 Å². The molecule has 1 rings (SSSR count). The van der Waals surface area contributed by atoms with Crippen LogP contribution in [0.4, 0.5) is 0 Å². The Hall–Kier alpha value is -0.0800. The van der Waals surface area contributed by atoms with E-state index in [2.05, 4.69) is 20.8 Å². The molecule has 0 aromatic heterocycles. The fraction of sp³-hybridized carbons (Fsp3) is 1.00. The lowest BCUT2D eigenvalue weighted by molar-refractivity contribution is -0.0604. The van der Waals surface area contributed by atoms with E-state index in [4.69, 9.17) is 10.5 Å². The van der Waals surface area contributed by atoms with E-state index < -0.39 is 0 Å². The summed E-state index contributed by atoms with van der Waals surface area (Å²) in [5.41, 5.74) is 5.98. The molecule has 0 aromatic rings. The Kier molecular flexibility index (Phi) is 3.74. The van der Waals surface area contributed by atoms with Crippen molar-refractivity contribution < 1.29 is 4.74 Å². The highest BCUT2D eigenvalue weighted by Gasteiger charge is 2.25. The van der Waals surface area contributed by atoms with Crippen LogP contribution in [0.5, 0.6) is 0 Å². The summed E-state index contributed by atoms with van der Waals surface area (Å²) in [5.74, 6) is 0. The van der Waals surface area contributed by atoms with Crippen molar-refractivity contribution in [2.24, 2.45) is 11.1 Å². The van der Waals surface area contributed by atoms with Crippen molar-refractivity contribution in [1.29, 1.82) is 0 Å². The Morgan fingerprint density at radius 3 is 2.38 bits per heavy atom. The van der Waals surface area contributed by atoms with Crippen LogP contribution in [-0.2, 0) is 4.74 Å². The summed E-state index contributed by atoms with van der Waals surface area (Å²) >= 11 is 0. The van der Waals surface area contributed by atoms with E-state index in [1.54, 1.807) is 0 Å². The van der Waals surface area contributed by atoms with E-state index in [0.29, 0.717) is 24.2 Å². The van der Waals surface area contributed by atoms with E-state index in [0.717, 1.165) is 12.8 Å². The minimum Gasteiger partial charge on any atom is -0.374 e. The van der Waals surface area contributed by atoms with Gasteiger partial charge in [-0.3, -0.25) is 0 Å². The van der Waals surface area contributed by atoms with Crippen molar-refractivity contribution >= 4 is 0 Å². The number of hydrogen-bond donors (Lipinski definition) is 1. The molecule has 2 N–H and O–H groups in total. The molecule has 1 fully saturated rings. The third-order valence-electron chi connectivity index (χ3n) is 2.54. The normalized spacial score (nSPS) is 30.5. The van der Waals surface area contributed by atoms with Crippen molar-refractivity contribution in [2.75, 3.05) is 6.54 Å². The zero-order chi connectivity index (χ0) is 9.90. The molecule has 2 atom stereocenters. The molecule has 1 aliphatic heterocycles. The first kappa shape index (κ1) is 11.0. The van der Waals surface area contributed by atoms with Crippen LogP contribution in [0.3, 0.4) is 0 Å². The first-order chi connectivity index (χ1) is 6.01. The molecular formula is C11H23NO. The fourth-order valence-corrected chi connectivity index (χ4v) is 1.99. The minimum absolute atomic E-state index is 0.320. The molecule has 0 bridgehead atoms. The third-order valence-corrected chi connectivity index (χ3v) is 2.54. The summed E-state index contributed by atoms with van der Waals surface area (Å²) in [5, 5.41) is 0. The van der Waals surface area contributed by atoms with Gasteiger partial charge in [0.25, 0.3) is 0 Å². The van der Waals surface area contributed by atoms with Crippen LogP contribution in [0.25, 0.3) is 0 Å². The van der Waals surface area contributed by atoms with Gasteiger partial charge in [-0.25, -0.2) is 0 Å². The predicted molar refractivity (Wildman–Crippen MR) is 55.6 cm³/mol. The Bertz CT molecular complexity index is 151. The van der Waals surface area contributed by atoms with Gasteiger partial charge in [0.2, 0.25) is 0 Å². The van der Waals surface area contributed by atoms with Gasteiger partial charge in [-0.05, 0) is 31.1 Å². The van der Waals surface area contributed by atoms with Crippen molar-refractivity contribution in [1.82, 2.24) is 0 Å². The Balaban J connectivity index is 2.34. The van der Waals surface area contributed by atoms with Gasteiger partial charge in [0, 0.05) is 6.54 Å². The maximum Gasteiger partial charge on any atom is 0.0701 e. The standard InChI is InChI=1S/C11H23NO/c1-11(2,3)7-9-5-4-6-10(8-12)13-9/h9-10H,4-8,12H2,1-3H3. The van der Waals surface area contributed by atoms with Crippen LogP contribution in [0, 0.1) is 5.41 Å². The van der Waals surface area contributed by atoms with Crippen LogP contribution < -0.4 is 5.73 Å². The molecule has 0 aliphatic carbocycles. The van der Waals surface area contributed by atoms with Gasteiger partial charge in [0.15, 0.2) is 0 Å². The van der Waals surface area contributed by atoms with Gasteiger partial charge >= 0.3 is 0 Å². The SMILES string of the molecule is CC(C)(C)CC1CCCC(CN)O1. The molecule has 2 nitrogen and oxygen atoms in total. The van der Waals surface area contributed by atoms with Crippen molar-refractivity contribution in [3.8, 4) is 0 Å². The average Bonchev–Trinajstić information content (AvgIpc) is 2.01. The molecule has 0 saturated carbocycles. The summed E-state index contributed by atoms with van der Waals surface area (Å²) in [4.78, 5) is 0. The molecule has 1 saturated heterocycles. The third kappa shape index (κ3) is 4.10.